The topological polar surface area (TPSA) is 64.4 Å². The molecule has 0 aliphatic carbocycles. The third-order valence-corrected chi connectivity index (χ3v) is 4.10. The van der Waals surface area contributed by atoms with Gasteiger partial charge in [0, 0.05) is 29.4 Å². The van der Waals surface area contributed by atoms with E-state index in [1.54, 1.807) is 41.3 Å². The summed E-state index contributed by atoms with van der Waals surface area (Å²) >= 11 is 5.97. The Morgan fingerprint density at radius 1 is 1.12 bits per heavy atom. The average molecular weight is 340 g/mol. The Balaban J connectivity index is 1.74. The largest absolute Gasteiger partial charge is 0.328 e. The first-order chi connectivity index (χ1) is 11.6. The van der Waals surface area contributed by atoms with Gasteiger partial charge in [-0.15, -0.1) is 0 Å². The number of nitriles is 1. The number of hydrogen-bond donors (Lipinski definition) is 0. The number of piperazine rings is 1. The van der Waals surface area contributed by atoms with Crippen molar-refractivity contribution in [1.29, 1.82) is 5.26 Å². The second-order valence-corrected chi connectivity index (χ2v) is 5.88. The second-order valence-electron chi connectivity index (χ2n) is 5.44. The standard InChI is InChI=1S/C18H14ClN3O2/c19-15-5-2-6-16(10-15)22-8-7-21(12-17(22)23)18(24)14-4-1-3-13(9-14)11-20/h1-6,9-10H,7-8,12H2. The lowest BCUT2D eigenvalue weighted by Crippen LogP contribution is -2.52. The van der Waals surface area contributed by atoms with Crippen LogP contribution >= 0.6 is 11.6 Å². The van der Waals surface area contributed by atoms with Gasteiger partial charge in [0.05, 0.1) is 11.6 Å². The minimum absolute atomic E-state index is 0.00211. The van der Waals surface area contributed by atoms with Gasteiger partial charge in [-0.3, -0.25) is 9.59 Å². The molecule has 1 saturated heterocycles. The highest BCUT2D eigenvalue weighted by Gasteiger charge is 2.28. The van der Waals surface area contributed by atoms with Crippen LogP contribution in [0.4, 0.5) is 5.69 Å². The first-order valence-corrected chi connectivity index (χ1v) is 7.81. The van der Waals surface area contributed by atoms with Crippen LogP contribution in [0.25, 0.3) is 0 Å². The molecule has 0 radical (unpaired) electrons. The van der Waals surface area contributed by atoms with E-state index < -0.39 is 0 Å². The van der Waals surface area contributed by atoms with E-state index in [4.69, 9.17) is 16.9 Å². The third kappa shape index (κ3) is 3.24. The average Bonchev–Trinajstić information content (AvgIpc) is 2.61. The minimum Gasteiger partial charge on any atom is -0.328 e. The van der Waals surface area contributed by atoms with Crippen molar-refractivity contribution < 1.29 is 9.59 Å². The number of carbonyl (C=O) groups excluding carboxylic acids is 2. The maximum absolute atomic E-state index is 12.5. The quantitative estimate of drug-likeness (QED) is 0.845. The van der Waals surface area contributed by atoms with Gasteiger partial charge in [-0.2, -0.15) is 5.26 Å². The first-order valence-electron chi connectivity index (χ1n) is 7.44. The predicted octanol–water partition coefficient (Wildman–Crippen LogP) is 2.70. The van der Waals surface area contributed by atoms with Crippen LogP contribution in [0.3, 0.4) is 0 Å². The fourth-order valence-corrected chi connectivity index (χ4v) is 2.85. The number of anilines is 1. The maximum atomic E-state index is 12.5. The molecule has 0 spiro atoms. The molecule has 6 heteroatoms. The van der Waals surface area contributed by atoms with Gasteiger partial charge in [-0.25, -0.2) is 0 Å². The van der Waals surface area contributed by atoms with Gasteiger partial charge in [-0.05, 0) is 36.4 Å². The summed E-state index contributed by atoms with van der Waals surface area (Å²) in [6, 6.07) is 15.6. The summed E-state index contributed by atoms with van der Waals surface area (Å²) in [7, 11) is 0. The lowest BCUT2D eigenvalue weighted by molar-refractivity contribution is -0.120. The van der Waals surface area contributed by atoms with E-state index in [-0.39, 0.29) is 18.4 Å². The van der Waals surface area contributed by atoms with Crippen LogP contribution in [0.15, 0.2) is 48.5 Å². The lowest BCUT2D eigenvalue weighted by atomic mass is 10.1. The Hall–Kier alpha value is -2.84. The Labute approximate surface area is 144 Å². The Morgan fingerprint density at radius 2 is 1.92 bits per heavy atom. The monoisotopic (exact) mass is 339 g/mol. The molecule has 120 valence electrons. The summed E-state index contributed by atoms with van der Waals surface area (Å²) in [6.45, 7) is 0.832. The number of nitrogens with zero attached hydrogens (tertiary/aromatic N) is 3. The van der Waals surface area contributed by atoms with E-state index in [0.29, 0.717) is 29.2 Å². The van der Waals surface area contributed by atoms with Gasteiger partial charge in [0.1, 0.15) is 6.54 Å². The number of benzene rings is 2. The molecule has 2 aromatic carbocycles. The van der Waals surface area contributed by atoms with Crippen LogP contribution in [0.2, 0.25) is 5.02 Å². The molecule has 0 atom stereocenters. The van der Waals surface area contributed by atoms with Crippen molar-refractivity contribution in [3.63, 3.8) is 0 Å². The number of amides is 2. The highest BCUT2D eigenvalue weighted by Crippen LogP contribution is 2.22. The highest BCUT2D eigenvalue weighted by atomic mass is 35.5. The first kappa shape index (κ1) is 16.0. The third-order valence-electron chi connectivity index (χ3n) is 3.87. The van der Waals surface area contributed by atoms with Crippen molar-refractivity contribution in [2.45, 2.75) is 0 Å². The van der Waals surface area contributed by atoms with E-state index in [2.05, 4.69) is 0 Å². The van der Waals surface area contributed by atoms with Gasteiger partial charge >= 0.3 is 0 Å². The summed E-state index contributed by atoms with van der Waals surface area (Å²) in [6.07, 6.45) is 0. The summed E-state index contributed by atoms with van der Waals surface area (Å²) < 4.78 is 0. The molecule has 2 amide bonds. The molecule has 0 saturated carbocycles. The second kappa shape index (κ2) is 6.73. The van der Waals surface area contributed by atoms with Crippen molar-refractivity contribution in [3.05, 3.63) is 64.7 Å². The van der Waals surface area contributed by atoms with Crippen LogP contribution in [-0.4, -0.2) is 36.3 Å². The van der Waals surface area contributed by atoms with E-state index >= 15 is 0 Å². The SMILES string of the molecule is N#Cc1cccc(C(=O)N2CCN(c3cccc(Cl)c3)C(=O)C2)c1. The predicted molar refractivity (Wildman–Crippen MR) is 90.9 cm³/mol. The molecule has 1 fully saturated rings. The zero-order valence-electron chi connectivity index (χ0n) is 12.8. The van der Waals surface area contributed by atoms with Crippen molar-refractivity contribution in [2.24, 2.45) is 0 Å². The molecule has 0 aromatic heterocycles. The highest BCUT2D eigenvalue weighted by molar-refractivity contribution is 6.30. The normalized spacial score (nSPS) is 14.4. The van der Waals surface area contributed by atoms with Gasteiger partial charge in [0.15, 0.2) is 0 Å². The van der Waals surface area contributed by atoms with E-state index in [0.717, 1.165) is 5.69 Å². The van der Waals surface area contributed by atoms with Crippen molar-refractivity contribution in [2.75, 3.05) is 24.5 Å². The molecule has 2 aromatic rings. The Kier molecular flexibility index (Phi) is 4.50. The number of hydrogen-bond acceptors (Lipinski definition) is 3. The zero-order valence-corrected chi connectivity index (χ0v) is 13.5. The molecule has 1 aliphatic heterocycles. The molecule has 3 rings (SSSR count). The van der Waals surface area contributed by atoms with Gasteiger partial charge in [0.2, 0.25) is 5.91 Å². The van der Waals surface area contributed by atoms with Crippen molar-refractivity contribution in [3.8, 4) is 6.07 Å². The Morgan fingerprint density at radius 3 is 2.62 bits per heavy atom. The number of carbonyl (C=O) groups is 2. The minimum atomic E-state index is -0.244. The van der Waals surface area contributed by atoms with E-state index in [1.807, 2.05) is 12.1 Å². The van der Waals surface area contributed by atoms with Crippen LogP contribution in [-0.2, 0) is 4.79 Å². The molecule has 0 bridgehead atoms. The van der Waals surface area contributed by atoms with Crippen LogP contribution < -0.4 is 4.90 Å². The Bertz CT molecular complexity index is 844. The van der Waals surface area contributed by atoms with Gasteiger partial charge < -0.3 is 9.80 Å². The number of rotatable bonds is 2. The number of halogens is 1. The molecule has 24 heavy (non-hydrogen) atoms. The molecular formula is C18H14ClN3O2. The van der Waals surface area contributed by atoms with Gasteiger partial charge in [-0.1, -0.05) is 23.7 Å². The van der Waals surface area contributed by atoms with E-state index in [1.165, 1.54) is 11.0 Å². The molecule has 0 N–H and O–H groups in total. The smallest absolute Gasteiger partial charge is 0.254 e. The van der Waals surface area contributed by atoms with Crippen molar-refractivity contribution in [1.82, 2.24) is 4.90 Å². The summed E-state index contributed by atoms with van der Waals surface area (Å²) in [5, 5.41) is 9.50. The summed E-state index contributed by atoms with van der Waals surface area (Å²) in [4.78, 5) is 28.1. The molecule has 1 heterocycles. The molecular weight excluding hydrogens is 326 g/mol. The van der Waals surface area contributed by atoms with E-state index in [9.17, 15) is 9.59 Å². The summed E-state index contributed by atoms with van der Waals surface area (Å²) in [5.74, 6) is -0.403. The molecule has 0 unspecified atom stereocenters. The fraction of sp³-hybridized carbons (Fsp3) is 0.167. The van der Waals surface area contributed by atoms with Crippen molar-refractivity contribution >= 4 is 29.1 Å². The zero-order chi connectivity index (χ0) is 17.1. The van der Waals surface area contributed by atoms with Crippen LogP contribution in [0.1, 0.15) is 15.9 Å². The molecule has 5 nitrogen and oxygen atoms in total. The lowest BCUT2D eigenvalue weighted by Gasteiger charge is -2.34. The van der Waals surface area contributed by atoms with Crippen LogP contribution in [0.5, 0.6) is 0 Å². The van der Waals surface area contributed by atoms with Gasteiger partial charge in [0.25, 0.3) is 5.91 Å². The summed E-state index contributed by atoms with van der Waals surface area (Å²) in [5.41, 5.74) is 1.56. The fourth-order valence-electron chi connectivity index (χ4n) is 2.67. The molecule has 1 aliphatic rings. The maximum Gasteiger partial charge on any atom is 0.254 e. The van der Waals surface area contributed by atoms with Crippen LogP contribution in [0, 0.1) is 11.3 Å².